The first-order valence-corrected chi connectivity index (χ1v) is 22.4. The molecule has 0 heterocycles. The van der Waals surface area contributed by atoms with Gasteiger partial charge in [0.2, 0.25) is 0 Å². The number of hydrogen-bond donors (Lipinski definition) is 0. The Hall–Kier alpha value is -2.95. The lowest BCUT2D eigenvalue weighted by Gasteiger charge is -2.32. The number of ketones is 1. The largest absolute Gasteiger partial charge is 0.336 e. The molecule has 5 atom stereocenters. The number of carbonyl (C=O) groups excluding carboxylic acids is 3. The number of hydrogen-bond acceptors (Lipinski definition) is 3. The van der Waals surface area contributed by atoms with E-state index in [9.17, 15) is 14.4 Å². The molecule has 0 radical (unpaired) electrons. The number of nitrogens with zero attached hydrogens (tertiary/aromatic N) is 2. The number of amides is 2. The molecule has 2 aromatic carbocycles. The average Bonchev–Trinajstić information content (AvgIpc) is 3.19. The van der Waals surface area contributed by atoms with Crippen LogP contribution in [0.1, 0.15) is 198 Å². The fourth-order valence-corrected chi connectivity index (χ4v) is 8.63. The van der Waals surface area contributed by atoms with Gasteiger partial charge in [-0.15, -0.1) is 0 Å². The minimum atomic E-state index is -0.328. The van der Waals surface area contributed by atoms with Crippen LogP contribution in [0.15, 0.2) is 60.7 Å². The van der Waals surface area contributed by atoms with E-state index in [1.165, 1.54) is 89.9 Å². The van der Waals surface area contributed by atoms with Gasteiger partial charge < -0.3 is 9.80 Å². The van der Waals surface area contributed by atoms with Gasteiger partial charge in [-0.1, -0.05) is 167 Å². The van der Waals surface area contributed by atoms with Crippen LogP contribution in [-0.2, 0) is 4.79 Å². The van der Waals surface area contributed by atoms with Crippen molar-refractivity contribution in [2.75, 3.05) is 13.1 Å². The van der Waals surface area contributed by atoms with Gasteiger partial charge in [-0.05, 0) is 88.0 Å². The van der Waals surface area contributed by atoms with E-state index in [1.807, 2.05) is 65.6 Å². The second kappa shape index (κ2) is 28.5. The van der Waals surface area contributed by atoms with Crippen molar-refractivity contribution in [3.8, 4) is 0 Å². The number of Topliss-reactive ketones (excluding diaryl/α,β-unsaturated/α-hetero) is 1. The molecule has 0 aliphatic carbocycles. The molecule has 0 spiro atoms. The number of benzene rings is 2. The number of carbonyl (C=O) groups is 3. The Bertz CT molecular complexity index is 1260. The Balaban J connectivity index is 1.73. The summed E-state index contributed by atoms with van der Waals surface area (Å²) >= 11 is 0. The summed E-state index contributed by atoms with van der Waals surface area (Å²) in [6.07, 6.45) is 23.8. The van der Waals surface area contributed by atoms with Crippen molar-refractivity contribution in [1.29, 1.82) is 0 Å². The molecule has 5 unspecified atom stereocenters. The molecule has 0 aliphatic heterocycles. The summed E-state index contributed by atoms with van der Waals surface area (Å²) in [5.41, 5.74) is 1.47. The number of rotatable bonds is 31. The van der Waals surface area contributed by atoms with Gasteiger partial charge in [0.15, 0.2) is 5.78 Å². The van der Waals surface area contributed by atoms with Crippen LogP contribution in [0.3, 0.4) is 0 Å². The van der Waals surface area contributed by atoms with Crippen LogP contribution in [0.4, 0.5) is 0 Å². The molecule has 304 valence electrons. The monoisotopic (exact) mass is 745 g/mol. The first kappa shape index (κ1) is 47.2. The number of unbranched alkanes of at least 4 members (excludes halogenated alkanes) is 10. The summed E-state index contributed by atoms with van der Waals surface area (Å²) in [5.74, 6) is 2.69. The lowest BCUT2D eigenvalue weighted by Crippen LogP contribution is -2.44. The first-order valence-electron chi connectivity index (χ1n) is 22.4. The molecule has 0 aliphatic rings. The topological polar surface area (TPSA) is 57.7 Å². The lowest BCUT2D eigenvalue weighted by molar-refractivity contribution is -0.121. The maximum Gasteiger partial charge on any atom is 0.254 e. The van der Waals surface area contributed by atoms with Crippen LogP contribution in [-0.4, -0.2) is 52.6 Å². The van der Waals surface area contributed by atoms with E-state index in [4.69, 9.17) is 0 Å². The summed E-state index contributed by atoms with van der Waals surface area (Å²) in [6, 6.07) is 19.1. The predicted octanol–water partition coefficient (Wildman–Crippen LogP) is 13.4. The highest BCUT2D eigenvalue weighted by atomic mass is 16.2. The Labute approximate surface area is 332 Å². The second-order valence-electron chi connectivity index (χ2n) is 16.3. The standard InChI is InChI=1S/C49H80N2O3/c1-8-30-40(5)46(37-27-17-13-15-18-28-38-50(41(6)10-3)48(53)44-33-23-20-24-34-44)43(11-4)32-22-16-12-14-19-29-39-51(47(31-9-2)42(7)52)49(54)45-35-25-21-26-36-45/h20-21,23-26,33-36,40-41,43,46-47H,8-19,22,27-32,37-39H2,1-7H3. The SMILES string of the molecule is CCCC(C)C(CCCCCCCCN(C(=O)c1ccccc1)C(C)CC)C(CC)CCCCCCCCN(C(=O)c1ccccc1)C(CCC)C(C)=O. The zero-order valence-corrected chi connectivity index (χ0v) is 35.8. The highest BCUT2D eigenvalue weighted by molar-refractivity contribution is 5.97. The highest BCUT2D eigenvalue weighted by Gasteiger charge is 2.27. The fraction of sp³-hybridized carbons (Fsp3) is 0.694. The van der Waals surface area contributed by atoms with E-state index in [1.54, 1.807) is 6.92 Å². The molecule has 0 saturated heterocycles. The summed E-state index contributed by atoms with van der Waals surface area (Å²) in [5, 5.41) is 0. The van der Waals surface area contributed by atoms with E-state index in [0.717, 1.165) is 68.4 Å². The molecule has 5 heteroatoms. The third-order valence-corrected chi connectivity index (χ3v) is 12.1. The van der Waals surface area contributed by atoms with Gasteiger partial charge in [-0.2, -0.15) is 0 Å². The van der Waals surface area contributed by atoms with E-state index in [2.05, 4.69) is 46.4 Å². The van der Waals surface area contributed by atoms with Gasteiger partial charge in [0.25, 0.3) is 11.8 Å². The van der Waals surface area contributed by atoms with Crippen LogP contribution in [0.25, 0.3) is 0 Å². The zero-order chi connectivity index (χ0) is 39.6. The third kappa shape index (κ3) is 17.2. The summed E-state index contributed by atoms with van der Waals surface area (Å²) < 4.78 is 0. The van der Waals surface area contributed by atoms with Gasteiger partial charge in [-0.3, -0.25) is 14.4 Å². The average molecular weight is 745 g/mol. The maximum atomic E-state index is 13.4. The van der Waals surface area contributed by atoms with E-state index in [-0.39, 0.29) is 29.7 Å². The molecule has 0 N–H and O–H groups in total. The zero-order valence-electron chi connectivity index (χ0n) is 35.8. The van der Waals surface area contributed by atoms with Gasteiger partial charge >= 0.3 is 0 Å². The maximum absolute atomic E-state index is 13.4. The van der Waals surface area contributed by atoms with Crippen molar-refractivity contribution in [1.82, 2.24) is 9.80 Å². The van der Waals surface area contributed by atoms with Crippen LogP contribution < -0.4 is 0 Å². The quantitative estimate of drug-likeness (QED) is 0.0722. The molecule has 2 aromatic rings. The molecule has 0 aromatic heterocycles. The molecule has 54 heavy (non-hydrogen) atoms. The highest BCUT2D eigenvalue weighted by Crippen LogP contribution is 2.35. The normalized spacial score (nSPS) is 14.2. The van der Waals surface area contributed by atoms with Crippen LogP contribution >= 0.6 is 0 Å². The molecule has 2 rings (SSSR count). The molecular weight excluding hydrogens is 665 g/mol. The Morgan fingerprint density at radius 3 is 1.43 bits per heavy atom. The van der Waals surface area contributed by atoms with Crippen molar-refractivity contribution in [3.63, 3.8) is 0 Å². The lowest BCUT2D eigenvalue weighted by atomic mass is 9.74. The smallest absolute Gasteiger partial charge is 0.254 e. The second-order valence-corrected chi connectivity index (χ2v) is 16.3. The molecule has 0 fully saturated rings. The molecule has 0 saturated carbocycles. The van der Waals surface area contributed by atoms with Gasteiger partial charge in [0.05, 0.1) is 6.04 Å². The molecular formula is C49H80N2O3. The van der Waals surface area contributed by atoms with E-state index < -0.39 is 0 Å². The Morgan fingerprint density at radius 1 is 0.519 bits per heavy atom. The van der Waals surface area contributed by atoms with Crippen molar-refractivity contribution in [2.45, 2.75) is 189 Å². The van der Waals surface area contributed by atoms with Crippen molar-refractivity contribution in [2.24, 2.45) is 17.8 Å². The van der Waals surface area contributed by atoms with Crippen molar-refractivity contribution >= 4 is 17.6 Å². The van der Waals surface area contributed by atoms with Crippen LogP contribution in [0, 0.1) is 17.8 Å². The summed E-state index contributed by atoms with van der Waals surface area (Å²) in [7, 11) is 0. The first-order chi connectivity index (χ1) is 26.2. The Morgan fingerprint density at radius 2 is 0.963 bits per heavy atom. The van der Waals surface area contributed by atoms with Crippen LogP contribution in [0.5, 0.6) is 0 Å². The van der Waals surface area contributed by atoms with Crippen LogP contribution in [0.2, 0.25) is 0 Å². The van der Waals surface area contributed by atoms with E-state index >= 15 is 0 Å². The van der Waals surface area contributed by atoms with Gasteiger partial charge in [0, 0.05) is 30.3 Å². The van der Waals surface area contributed by atoms with Gasteiger partial charge in [-0.25, -0.2) is 0 Å². The minimum Gasteiger partial charge on any atom is -0.336 e. The fourth-order valence-electron chi connectivity index (χ4n) is 8.63. The van der Waals surface area contributed by atoms with E-state index in [0.29, 0.717) is 12.1 Å². The summed E-state index contributed by atoms with van der Waals surface area (Å²) in [4.78, 5) is 43.1. The molecule has 2 amide bonds. The van der Waals surface area contributed by atoms with Gasteiger partial charge in [0.1, 0.15) is 0 Å². The predicted molar refractivity (Wildman–Crippen MR) is 230 cm³/mol. The third-order valence-electron chi connectivity index (χ3n) is 12.1. The minimum absolute atomic E-state index is 0.0147. The molecule has 5 nitrogen and oxygen atoms in total. The molecule has 0 bridgehead atoms. The van der Waals surface area contributed by atoms with Crippen molar-refractivity contribution < 1.29 is 14.4 Å². The summed E-state index contributed by atoms with van der Waals surface area (Å²) in [6.45, 7) is 16.8. The Kier molecular flexibility index (Phi) is 24.9. The van der Waals surface area contributed by atoms with Crippen molar-refractivity contribution in [3.05, 3.63) is 71.8 Å².